The molecule has 40 heavy (non-hydrogen) atoms. The van der Waals surface area contributed by atoms with Gasteiger partial charge in [0.15, 0.2) is 0 Å². The fraction of sp³-hybridized carbons (Fsp3) is 0.552. The molecular formula is C29H41NO8S2. The molecule has 1 saturated heterocycles. The molecule has 1 fully saturated rings. The van der Waals surface area contributed by atoms with E-state index in [1.807, 2.05) is 34.6 Å². The molecule has 2 aromatic carbocycles. The van der Waals surface area contributed by atoms with Gasteiger partial charge in [-0.2, -0.15) is 16.8 Å². The molecule has 0 saturated carbocycles. The Kier molecular flexibility index (Phi) is 10.8. The first kappa shape index (κ1) is 32.0. The van der Waals surface area contributed by atoms with E-state index in [0.717, 1.165) is 24.0 Å². The van der Waals surface area contributed by atoms with E-state index in [1.165, 1.54) is 24.3 Å². The van der Waals surface area contributed by atoms with Gasteiger partial charge in [-0.05, 0) is 90.5 Å². The van der Waals surface area contributed by atoms with Crippen molar-refractivity contribution in [1.82, 2.24) is 4.90 Å². The molecular weight excluding hydrogens is 554 g/mol. The maximum atomic E-state index is 12.8. The molecule has 0 spiro atoms. The summed E-state index contributed by atoms with van der Waals surface area (Å²) in [5, 5.41) is 0. The summed E-state index contributed by atoms with van der Waals surface area (Å²) in [6.07, 6.45) is 2.44. The Morgan fingerprint density at radius 3 is 1.65 bits per heavy atom. The second-order valence-corrected chi connectivity index (χ2v) is 14.7. The molecule has 3 rings (SSSR count). The first-order valence-electron chi connectivity index (χ1n) is 13.5. The molecule has 222 valence electrons. The number of hydrogen-bond donors (Lipinski definition) is 0. The third kappa shape index (κ3) is 9.87. The monoisotopic (exact) mass is 595 g/mol. The molecule has 0 aliphatic carbocycles. The fourth-order valence-electron chi connectivity index (χ4n) is 4.33. The molecule has 1 amide bonds. The minimum atomic E-state index is -4.02. The fourth-order valence-corrected chi connectivity index (χ4v) is 6.29. The van der Waals surface area contributed by atoms with Gasteiger partial charge in [-0.1, -0.05) is 35.4 Å². The largest absolute Gasteiger partial charge is 0.444 e. The Hall–Kier alpha value is -2.47. The average Bonchev–Trinajstić information content (AvgIpc) is 2.88. The average molecular weight is 596 g/mol. The van der Waals surface area contributed by atoms with Crippen LogP contribution in [0.25, 0.3) is 0 Å². The Balaban J connectivity index is 1.62. The number of benzene rings is 2. The summed E-state index contributed by atoms with van der Waals surface area (Å²) in [6, 6.07) is 12.7. The highest BCUT2D eigenvalue weighted by Gasteiger charge is 2.28. The highest BCUT2D eigenvalue weighted by molar-refractivity contribution is 7.87. The predicted molar refractivity (Wildman–Crippen MR) is 152 cm³/mol. The van der Waals surface area contributed by atoms with Gasteiger partial charge in [0, 0.05) is 19.0 Å². The van der Waals surface area contributed by atoms with Crippen LogP contribution in [-0.4, -0.2) is 59.7 Å². The second kappa shape index (κ2) is 13.5. The molecule has 0 aromatic heterocycles. The van der Waals surface area contributed by atoms with Gasteiger partial charge in [-0.3, -0.25) is 8.37 Å². The van der Waals surface area contributed by atoms with E-state index in [0.29, 0.717) is 31.8 Å². The van der Waals surface area contributed by atoms with Crippen LogP contribution < -0.4 is 0 Å². The van der Waals surface area contributed by atoms with Gasteiger partial charge in [0.2, 0.25) is 0 Å². The van der Waals surface area contributed by atoms with Crippen molar-refractivity contribution in [2.45, 2.75) is 75.7 Å². The number of piperidine rings is 1. The van der Waals surface area contributed by atoms with Gasteiger partial charge in [0.05, 0.1) is 23.0 Å². The van der Waals surface area contributed by atoms with Gasteiger partial charge in [-0.15, -0.1) is 0 Å². The van der Waals surface area contributed by atoms with Gasteiger partial charge in [-0.25, -0.2) is 4.79 Å². The number of nitrogens with zero attached hydrogens (tertiary/aromatic N) is 1. The van der Waals surface area contributed by atoms with E-state index in [2.05, 4.69) is 0 Å². The van der Waals surface area contributed by atoms with E-state index in [1.54, 1.807) is 29.2 Å². The number of amides is 1. The molecule has 0 radical (unpaired) electrons. The summed E-state index contributed by atoms with van der Waals surface area (Å²) < 4.78 is 67.3. The second-order valence-electron chi connectivity index (χ2n) is 11.5. The Bertz CT molecular complexity index is 1240. The summed E-state index contributed by atoms with van der Waals surface area (Å²) in [4.78, 5) is 14.2. The SMILES string of the molecule is Cc1ccc(S(=O)(=O)OCC(CCC2CCN(C(=O)OC(C)(C)C)CC2)COS(=O)(=O)c2ccc(C)cc2)cc1. The van der Waals surface area contributed by atoms with Crippen molar-refractivity contribution in [2.75, 3.05) is 26.3 Å². The van der Waals surface area contributed by atoms with Crippen molar-refractivity contribution >= 4 is 26.3 Å². The number of aryl methyl sites for hydroxylation is 2. The maximum absolute atomic E-state index is 12.8. The van der Waals surface area contributed by atoms with Crippen LogP contribution in [0.1, 0.15) is 57.6 Å². The van der Waals surface area contributed by atoms with Crippen LogP contribution in [0.15, 0.2) is 58.3 Å². The number of carbonyl (C=O) groups excluding carboxylic acids is 1. The van der Waals surface area contributed by atoms with E-state index in [9.17, 15) is 21.6 Å². The molecule has 0 unspecified atom stereocenters. The highest BCUT2D eigenvalue weighted by Crippen LogP contribution is 2.27. The van der Waals surface area contributed by atoms with Crippen LogP contribution in [0.5, 0.6) is 0 Å². The number of ether oxygens (including phenoxy) is 1. The molecule has 0 atom stereocenters. The lowest BCUT2D eigenvalue weighted by Crippen LogP contribution is -2.41. The van der Waals surface area contributed by atoms with Crippen molar-refractivity contribution in [3.63, 3.8) is 0 Å². The van der Waals surface area contributed by atoms with Gasteiger partial charge < -0.3 is 9.64 Å². The summed E-state index contributed by atoms with van der Waals surface area (Å²) in [7, 11) is -8.04. The van der Waals surface area contributed by atoms with Crippen LogP contribution in [0.4, 0.5) is 4.79 Å². The quantitative estimate of drug-likeness (QED) is 0.315. The zero-order valence-electron chi connectivity index (χ0n) is 24.0. The van der Waals surface area contributed by atoms with E-state index in [-0.39, 0.29) is 29.1 Å². The lowest BCUT2D eigenvalue weighted by molar-refractivity contribution is 0.0178. The van der Waals surface area contributed by atoms with Crippen molar-refractivity contribution in [2.24, 2.45) is 11.8 Å². The number of carbonyl (C=O) groups is 1. The van der Waals surface area contributed by atoms with Crippen molar-refractivity contribution in [3.8, 4) is 0 Å². The standard InChI is InChI=1S/C29H41NO8S2/c1-22-6-12-26(13-7-22)39(32,33)36-20-25(21-37-40(34,35)27-14-8-23(2)9-15-27)11-10-24-16-18-30(19-17-24)28(31)38-29(3,4)5/h6-9,12-15,24-25H,10-11,16-21H2,1-5H3. The van der Waals surface area contributed by atoms with Gasteiger partial charge in [0.1, 0.15) is 5.60 Å². The summed E-state index contributed by atoms with van der Waals surface area (Å²) >= 11 is 0. The van der Waals surface area contributed by atoms with Crippen LogP contribution >= 0.6 is 0 Å². The number of likely N-dealkylation sites (tertiary alicyclic amines) is 1. The molecule has 2 aromatic rings. The van der Waals surface area contributed by atoms with Crippen molar-refractivity contribution in [3.05, 3.63) is 59.7 Å². The van der Waals surface area contributed by atoms with Crippen LogP contribution in [0.2, 0.25) is 0 Å². The molecule has 11 heteroatoms. The molecule has 0 N–H and O–H groups in total. The van der Waals surface area contributed by atoms with Crippen LogP contribution in [0, 0.1) is 25.7 Å². The maximum Gasteiger partial charge on any atom is 0.410 e. The number of rotatable bonds is 11. The Labute approximate surface area is 239 Å². The summed E-state index contributed by atoms with van der Waals surface area (Å²) in [5.74, 6) is -0.187. The minimum Gasteiger partial charge on any atom is -0.444 e. The normalized spacial score (nSPS) is 15.4. The van der Waals surface area contributed by atoms with Crippen LogP contribution in [-0.2, 0) is 33.3 Å². The highest BCUT2D eigenvalue weighted by atomic mass is 32.2. The van der Waals surface area contributed by atoms with E-state index in [4.69, 9.17) is 13.1 Å². The molecule has 1 aliphatic heterocycles. The lowest BCUT2D eigenvalue weighted by atomic mass is 9.89. The predicted octanol–water partition coefficient (Wildman–Crippen LogP) is 5.46. The molecule has 9 nitrogen and oxygen atoms in total. The first-order chi connectivity index (χ1) is 18.6. The topological polar surface area (TPSA) is 116 Å². The third-order valence-electron chi connectivity index (χ3n) is 6.79. The van der Waals surface area contributed by atoms with Crippen LogP contribution in [0.3, 0.4) is 0 Å². The zero-order valence-corrected chi connectivity index (χ0v) is 25.6. The zero-order chi connectivity index (χ0) is 29.6. The minimum absolute atomic E-state index is 0.0413. The summed E-state index contributed by atoms with van der Waals surface area (Å²) in [5.41, 5.74) is 1.28. The Morgan fingerprint density at radius 2 is 1.25 bits per heavy atom. The van der Waals surface area contributed by atoms with E-state index >= 15 is 0 Å². The molecule has 1 heterocycles. The first-order valence-corrected chi connectivity index (χ1v) is 16.4. The smallest absolute Gasteiger partial charge is 0.410 e. The Morgan fingerprint density at radius 1 is 0.825 bits per heavy atom. The molecule has 0 bridgehead atoms. The lowest BCUT2D eigenvalue weighted by Gasteiger charge is -2.33. The van der Waals surface area contributed by atoms with Gasteiger partial charge >= 0.3 is 6.09 Å². The van der Waals surface area contributed by atoms with E-state index < -0.39 is 31.8 Å². The van der Waals surface area contributed by atoms with Crippen molar-refractivity contribution in [1.29, 1.82) is 0 Å². The van der Waals surface area contributed by atoms with Gasteiger partial charge in [0.25, 0.3) is 20.2 Å². The molecule has 1 aliphatic rings. The summed E-state index contributed by atoms with van der Waals surface area (Å²) in [6.45, 7) is 9.93. The third-order valence-corrected chi connectivity index (χ3v) is 9.38. The van der Waals surface area contributed by atoms with Crippen molar-refractivity contribution < 1.29 is 34.7 Å². The number of hydrogen-bond acceptors (Lipinski definition) is 8.